The van der Waals surface area contributed by atoms with E-state index in [2.05, 4.69) is 10.6 Å². The van der Waals surface area contributed by atoms with Crippen LogP contribution < -0.4 is 10.6 Å². The SMILES string of the molecule is CCNC(=NCC1(c2cccc(F)c2)CC1)NCCc1ccc(S(C)(=O)=O)cc1. The Bertz CT molecular complexity index is 968. The molecule has 0 saturated heterocycles. The van der Waals surface area contributed by atoms with E-state index in [1.54, 1.807) is 24.3 Å². The molecule has 29 heavy (non-hydrogen) atoms. The highest BCUT2D eigenvalue weighted by Gasteiger charge is 2.44. The molecule has 3 rings (SSSR count). The van der Waals surface area contributed by atoms with Gasteiger partial charge in [0.15, 0.2) is 15.8 Å². The number of hydrogen-bond acceptors (Lipinski definition) is 3. The lowest BCUT2D eigenvalue weighted by Gasteiger charge is -2.16. The van der Waals surface area contributed by atoms with Gasteiger partial charge in [0.25, 0.3) is 0 Å². The second-order valence-corrected chi connectivity index (χ2v) is 9.59. The van der Waals surface area contributed by atoms with Crippen molar-refractivity contribution in [2.24, 2.45) is 4.99 Å². The number of guanidine groups is 1. The van der Waals surface area contributed by atoms with Crippen LogP contribution in [0.25, 0.3) is 0 Å². The minimum absolute atomic E-state index is 0.0497. The van der Waals surface area contributed by atoms with Gasteiger partial charge in [0.05, 0.1) is 11.4 Å². The molecule has 156 valence electrons. The molecule has 1 aliphatic rings. The fourth-order valence-electron chi connectivity index (χ4n) is 3.31. The third-order valence-corrected chi connectivity index (χ3v) is 6.36. The normalized spacial score (nSPS) is 15.8. The lowest BCUT2D eigenvalue weighted by molar-refractivity contribution is 0.602. The van der Waals surface area contributed by atoms with E-state index in [-0.39, 0.29) is 11.2 Å². The fraction of sp³-hybridized carbons (Fsp3) is 0.409. The average molecular weight is 418 g/mol. The number of sulfone groups is 1. The van der Waals surface area contributed by atoms with Crippen molar-refractivity contribution in [1.29, 1.82) is 0 Å². The molecule has 0 heterocycles. The highest BCUT2D eigenvalue weighted by atomic mass is 32.2. The van der Waals surface area contributed by atoms with Crippen LogP contribution >= 0.6 is 0 Å². The quantitative estimate of drug-likeness (QED) is 0.512. The monoisotopic (exact) mass is 417 g/mol. The van der Waals surface area contributed by atoms with Crippen molar-refractivity contribution in [3.05, 3.63) is 65.5 Å². The Morgan fingerprint density at radius 3 is 2.45 bits per heavy atom. The molecule has 0 bridgehead atoms. The van der Waals surface area contributed by atoms with Crippen LogP contribution in [0.5, 0.6) is 0 Å². The van der Waals surface area contributed by atoms with Crippen molar-refractivity contribution >= 4 is 15.8 Å². The summed E-state index contributed by atoms with van der Waals surface area (Å²) in [7, 11) is -3.17. The maximum Gasteiger partial charge on any atom is 0.191 e. The Morgan fingerprint density at radius 2 is 1.86 bits per heavy atom. The summed E-state index contributed by atoms with van der Waals surface area (Å²) in [5.74, 6) is 0.535. The smallest absolute Gasteiger partial charge is 0.191 e. The summed E-state index contributed by atoms with van der Waals surface area (Å²) < 4.78 is 36.7. The molecular weight excluding hydrogens is 389 g/mol. The Balaban J connectivity index is 1.57. The second-order valence-electron chi connectivity index (χ2n) is 7.58. The van der Waals surface area contributed by atoms with Crippen LogP contribution in [0.1, 0.15) is 30.9 Å². The molecule has 0 aliphatic heterocycles. The molecule has 0 spiro atoms. The van der Waals surface area contributed by atoms with E-state index in [0.717, 1.165) is 42.9 Å². The molecule has 2 aromatic carbocycles. The molecule has 0 atom stereocenters. The Morgan fingerprint density at radius 1 is 1.14 bits per heavy atom. The van der Waals surface area contributed by atoms with Crippen molar-refractivity contribution in [3.8, 4) is 0 Å². The lowest BCUT2D eigenvalue weighted by Crippen LogP contribution is -2.39. The van der Waals surface area contributed by atoms with Crippen LogP contribution in [0.2, 0.25) is 0 Å². The number of nitrogens with zero attached hydrogens (tertiary/aromatic N) is 1. The molecule has 0 radical (unpaired) electrons. The number of benzene rings is 2. The van der Waals surface area contributed by atoms with Gasteiger partial charge in [-0.2, -0.15) is 0 Å². The molecule has 2 N–H and O–H groups in total. The number of hydrogen-bond donors (Lipinski definition) is 2. The van der Waals surface area contributed by atoms with E-state index in [1.807, 2.05) is 25.1 Å². The van der Waals surface area contributed by atoms with E-state index in [1.165, 1.54) is 12.3 Å². The van der Waals surface area contributed by atoms with Gasteiger partial charge in [0.1, 0.15) is 5.82 Å². The van der Waals surface area contributed by atoms with Crippen LogP contribution in [0.4, 0.5) is 4.39 Å². The van der Waals surface area contributed by atoms with Crippen molar-refractivity contribution in [2.45, 2.75) is 36.5 Å². The third-order valence-electron chi connectivity index (χ3n) is 5.23. The number of halogens is 1. The molecule has 0 unspecified atom stereocenters. The summed E-state index contributed by atoms with van der Waals surface area (Å²) in [5.41, 5.74) is 2.02. The average Bonchev–Trinajstić information content (AvgIpc) is 3.47. The summed E-state index contributed by atoms with van der Waals surface area (Å²) >= 11 is 0. The van der Waals surface area contributed by atoms with Gasteiger partial charge in [-0.1, -0.05) is 24.3 Å². The summed E-state index contributed by atoms with van der Waals surface area (Å²) in [6, 6.07) is 13.8. The second kappa shape index (κ2) is 8.95. The van der Waals surface area contributed by atoms with Crippen LogP contribution in [-0.4, -0.2) is 40.3 Å². The first-order valence-electron chi connectivity index (χ1n) is 9.90. The topological polar surface area (TPSA) is 70.6 Å². The molecule has 1 saturated carbocycles. The molecule has 0 aromatic heterocycles. The van der Waals surface area contributed by atoms with E-state index >= 15 is 0 Å². The van der Waals surface area contributed by atoms with Gasteiger partial charge in [0.2, 0.25) is 0 Å². The van der Waals surface area contributed by atoms with E-state index in [4.69, 9.17) is 4.99 Å². The minimum atomic E-state index is -3.17. The minimum Gasteiger partial charge on any atom is -0.357 e. The molecule has 2 aromatic rings. The first-order valence-corrected chi connectivity index (χ1v) is 11.8. The van der Waals surface area contributed by atoms with Crippen LogP contribution in [-0.2, 0) is 21.7 Å². The molecule has 5 nitrogen and oxygen atoms in total. The standard InChI is InChI=1S/C22H28FN3O2S/c1-3-24-21(25-14-11-17-7-9-20(10-8-17)29(2,27)28)26-16-22(12-13-22)18-5-4-6-19(23)15-18/h4-10,15H,3,11-14,16H2,1-2H3,(H2,24,25,26). The van der Waals surface area contributed by atoms with E-state index in [0.29, 0.717) is 18.0 Å². The summed E-state index contributed by atoms with van der Waals surface area (Å²) in [6.45, 7) is 4.06. The Labute approximate surface area is 172 Å². The van der Waals surface area contributed by atoms with Gasteiger partial charge in [-0.3, -0.25) is 4.99 Å². The summed E-state index contributed by atoms with van der Waals surface area (Å²) in [5, 5.41) is 6.57. The molecule has 1 aliphatic carbocycles. The third kappa shape index (κ3) is 5.79. The van der Waals surface area contributed by atoms with Gasteiger partial charge >= 0.3 is 0 Å². The van der Waals surface area contributed by atoms with Crippen LogP contribution in [0.15, 0.2) is 58.4 Å². The number of nitrogens with one attached hydrogen (secondary N) is 2. The largest absolute Gasteiger partial charge is 0.357 e. The summed E-state index contributed by atoms with van der Waals surface area (Å²) in [6.07, 6.45) is 4.00. The van der Waals surface area contributed by atoms with Crippen molar-refractivity contribution in [3.63, 3.8) is 0 Å². The van der Waals surface area contributed by atoms with Crippen LogP contribution in [0, 0.1) is 5.82 Å². The molecule has 7 heteroatoms. The van der Waals surface area contributed by atoms with E-state index in [9.17, 15) is 12.8 Å². The van der Waals surface area contributed by atoms with Crippen LogP contribution in [0.3, 0.4) is 0 Å². The molecule has 1 fully saturated rings. The first kappa shape index (κ1) is 21.3. The maximum absolute atomic E-state index is 13.6. The zero-order chi connectivity index (χ0) is 20.9. The predicted molar refractivity (Wildman–Crippen MR) is 115 cm³/mol. The van der Waals surface area contributed by atoms with Crippen molar-refractivity contribution in [2.75, 3.05) is 25.9 Å². The van der Waals surface area contributed by atoms with Crippen molar-refractivity contribution in [1.82, 2.24) is 10.6 Å². The highest BCUT2D eigenvalue weighted by molar-refractivity contribution is 7.90. The Hall–Kier alpha value is -2.41. The molecule has 0 amide bonds. The maximum atomic E-state index is 13.6. The predicted octanol–water partition coefficient (Wildman–Crippen LogP) is 3.06. The van der Waals surface area contributed by atoms with E-state index < -0.39 is 9.84 Å². The van der Waals surface area contributed by atoms with Gasteiger partial charge in [-0.05, 0) is 61.6 Å². The number of rotatable bonds is 8. The lowest BCUT2D eigenvalue weighted by atomic mass is 9.96. The Kier molecular flexibility index (Phi) is 6.57. The van der Waals surface area contributed by atoms with Gasteiger partial charge in [-0.15, -0.1) is 0 Å². The van der Waals surface area contributed by atoms with Gasteiger partial charge in [-0.25, -0.2) is 12.8 Å². The van der Waals surface area contributed by atoms with Crippen molar-refractivity contribution < 1.29 is 12.8 Å². The fourth-order valence-corrected chi connectivity index (χ4v) is 3.94. The molecular formula is C22H28FN3O2S. The zero-order valence-corrected chi connectivity index (χ0v) is 17.7. The zero-order valence-electron chi connectivity index (χ0n) is 16.9. The highest BCUT2D eigenvalue weighted by Crippen LogP contribution is 2.48. The summed E-state index contributed by atoms with van der Waals surface area (Å²) in [4.78, 5) is 5.05. The number of aliphatic imine (C=N–C) groups is 1. The first-order chi connectivity index (χ1) is 13.8. The van der Waals surface area contributed by atoms with Gasteiger partial charge < -0.3 is 10.6 Å². The van der Waals surface area contributed by atoms with Gasteiger partial charge in [0, 0.05) is 24.8 Å².